The quantitative estimate of drug-likeness (QED) is 0.621. The van der Waals surface area contributed by atoms with Crippen LogP contribution in [0.1, 0.15) is 29.2 Å². The molecule has 5 heteroatoms. The van der Waals surface area contributed by atoms with Gasteiger partial charge < -0.3 is 19.5 Å². The van der Waals surface area contributed by atoms with Crippen LogP contribution in [0, 0.1) is 0 Å². The van der Waals surface area contributed by atoms with E-state index in [1.165, 1.54) is 5.56 Å². The molecule has 0 saturated heterocycles. The van der Waals surface area contributed by atoms with Gasteiger partial charge in [0.2, 0.25) is 0 Å². The van der Waals surface area contributed by atoms with Crippen LogP contribution in [0.3, 0.4) is 0 Å². The topological polar surface area (TPSA) is 52.6 Å². The zero-order valence-electron chi connectivity index (χ0n) is 16.6. The lowest BCUT2D eigenvalue weighted by molar-refractivity contribution is 0.264. The highest BCUT2D eigenvalue weighted by Crippen LogP contribution is 2.33. The Kier molecular flexibility index (Phi) is 6.27. The smallest absolute Gasteiger partial charge is 0.130 e. The third-order valence-electron chi connectivity index (χ3n) is 5.16. The van der Waals surface area contributed by atoms with Crippen LogP contribution in [0.25, 0.3) is 0 Å². The van der Waals surface area contributed by atoms with Crippen LogP contribution in [0.4, 0.5) is 0 Å². The SMILES string of the molecule is COc1ccc(OCc2ccccn2)c(CNCC2CCOc3ccccc32)c1. The maximum atomic E-state index is 6.04. The van der Waals surface area contributed by atoms with E-state index in [-0.39, 0.29) is 0 Å². The first kappa shape index (κ1) is 19.3. The Bertz CT molecular complexity index is 930. The van der Waals surface area contributed by atoms with Crippen molar-refractivity contribution in [2.24, 2.45) is 0 Å². The van der Waals surface area contributed by atoms with Crippen LogP contribution >= 0.6 is 0 Å². The second-order valence-electron chi connectivity index (χ2n) is 7.09. The molecule has 1 unspecified atom stereocenters. The first-order chi connectivity index (χ1) is 14.3. The lowest BCUT2D eigenvalue weighted by Crippen LogP contribution is -2.25. The van der Waals surface area contributed by atoms with Crippen molar-refractivity contribution in [2.75, 3.05) is 20.3 Å². The van der Waals surface area contributed by atoms with Crippen molar-refractivity contribution in [1.82, 2.24) is 10.3 Å². The molecule has 1 aliphatic rings. The van der Waals surface area contributed by atoms with Crippen molar-refractivity contribution in [3.05, 3.63) is 83.7 Å². The number of aromatic nitrogens is 1. The van der Waals surface area contributed by atoms with Gasteiger partial charge in [-0.15, -0.1) is 0 Å². The van der Waals surface area contributed by atoms with Crippen LogP contribution in [0.2, 0.25) is 0 Å². The first-order valence-corrected chi connectivity index (χ1v) is 9.95. The summed E-state index contributed by atoms with van der Waals surface area (Å²) < 4.78 is 17.2. The molecule has 0 spiro atoms. The Labute approximate surface area is 171 Å². The highest BCUT2D eigenvalue weighted by molar-refractivity contribution is 5.41. The molecule has 5 nitrogen and oxygen atoms in total. The number of fused-ring (bicyclic) bond motifs is 1. The van der Waals surface area contributed by atoms with Gasteiger partial charge in [-0.3, -0.25) is 4.98 Å². The van der Waals surface area contributed by atoms with Crippen molar-refractivity contribution in [1.29, 1.82) is 0 Å². The average molecular weight is 390 g/mol. The highest BCUT2D eigenvalue weighted by Gasteiger charge is 2.20. The molecule has 0 amide bonds. The van der Waals surface area contributed by atoms with E-state index in [1.807, 2.05) is 48.5 Å². The third kappa shape index (κ3) is 4.87. The van der Waals surface area contributed by atoms with E-state index in [0.717, 1.165) is 48.1 Å². The van der Waals surface area contributed by atoms with Crippen LogP contribution in [0.5, 0.6) is 17.2 Å². The lowest BCUT2D eigenvalue weighted by atomic mass is 9.93. The van der Waals surface area contributed by atoms with E-state index >= 15 is 0 Å². The van der Waals surface area contributed by atoms with Gasteiger partial charge in [-0.2, -0.15) is 0 Å². The summed E-state index contributed by atoms with van der Waals surface area (Å²) in [5.41, 5.74) is 3.25. The maximum Gasteiger partial charge on any atom is 0.130 e. The molecule has 0 bridgehead atoms. The molecular weight excluding hydrogens is 364 g/mol. The van der Waals surface area contributed by atoms with E-state index in [0.29, 0.717) is 19.1 Å². The number of hydrogen-bond donors (Lipinski definition) is 1. The fraction of sp³-hybridized carbons (Fsp3) is 0.292. The minimum absolute atomic E-state index is 0.438. The summed E-state index contributed by atoms with van der Waals surface area (Å²) in [5.74, 6) is 3.12. The van der Waals surface area contributed by atoms with Crippen LogP contribution in [0.15, 0.2) is 66.9 Å². The molecule has 0 fully saturated rings. The molecule has 2 heterocycles. The van der Waals surface area contributed by atoms with Gasteiger partial charge in [-0.25, -0.2) is 0 Å². The minimum Gasteiger partial charge on any atom is -0.497 e. The summed E-state index contributed by atoms with van der Waals surface area (Å²) in [5, 5.41) is 3.60. The van der Waals surface area contributed by atoms with Gasteiger partial charge in [0.25, 0.3) is 0 Å². The van der Waals surface area contributed by atoms with E-state index in [1.54, 1.807) is 13.3 Å². The Morgan fingerprint density at radius 3 is 2.86 bits per heavy atom. The Balaban J connectivity index is 1.41. The monoisotopic (exact) mass is 390 g/mol. The molecule has 1 aromatic heterocycles. The molecule has 3 aromatic rings. The number of para-hydroxylation sites is 1. The standard InChI is InChI=1S/C24H26N2O3/c1-27-21-9-10-23(29-17-20-6-4-5-12-26-20)19(14-21)16-25-15-18-11-13-28-24-8-3-2-7-22(18)24/h2-10,12,14,18,25H,11,13,15-17H2,1H3. The van der Waals surface area contributed by atoms with E-state index in [9.17, 15) is 0 Å². The lowest BCUT2D eigenvalue weighted by Gasteiger charge is -2.26. The van der Waals surface area contributed by atoms with Crippen LogP contribution < -0.4 is 19.5 Å². The Hall–Kier alpha value is -3.05. The van der Waals surface area contributed by atoms with E-state index in [4.69, 9.17) is 14.2 Å². The van der Waals surface area contributed by atoms with Gasteiger partial charge in [-0.1, -0.05) is 24.3 Å². The molecule has 0 radical (unpaired) electrons. The molecule has 1 aliphatic heterocycles. The zero-order chi connectivity index (χ0) is 19.9. The van der Waals surface area contributed by atoms with Gasteiger partial charge in [-0.05, 0) is 48.4 Å². The van der Waals surface area contributed by atoms with E-state index in [2.05, 4.69) is 22.4 Å². The number of methoxy groups -OCH3 is 1. The highest BCUT2D eigenvalue weighted by atomic mass is 16.5. The fourth-order valence-corrected chi connectivity index (χ4v) is 3.61. The molecule has 1 atom stereocenters. The summed E-state index contributed by atoms with van der Waals surface area (Å²) in [6, 6.07) is 20.1. The van der Waals surface area contributed by atoms with Gasteiger partial charge in [0, 0.05) is 30.8 Å². The second-order valence-corrected chi connectivity index (χ2v) is 7.09. The Morgan fingerprint density at radius 2 is 2.00 bits per heavy atom. The third-order valence-corrected chi connectivity index (χ3v) is 5.16. The number of nitrogens with zero attached hydrogens (tertiary/aromatic N) is 1. The number of nitrogens with one attached hydrogen (secondary N) is 1. The number of hydrogen-bond acceptors (Lipinski definition) is 5. The molecule has 0 saturated carbocycles. The largest absolute Gasteiger partial charge is 0.497 e. The zero-order valence-corrected chi connectivity index (χ0v) is 16.6. The molecule has 0 aliphatic carbocycles. The predicted octanol–water partition coefficient (Wildman–Crippen LogP) is 4.33. The van der Waals surface area contributed by atoms with E-state index < -0.39 is 0 Å². The summed E-state index contributed by atoms with van der Waals surface area (Å²) in [6.07, 6.45) is 2.80. The van der Waals surface area contributed by atoms with Crippen LogP contribution in [-0.2, 0) is 13.2 Å². The summed E-state index contributed by atoms with van der Waals surface area (Å²) in [6.45, 7) is 2.79. The maximum absolute atomic E-state index is 6.04. The minimum atomic E-state index is 0.438. The fourth-order valence-electron chi connectivity index (χ4n) is 3.61. The molecule has 150 valence electrons. The van der Waals surface area contributed by atoms with Gasteiger partial charge >= 0.3 is 0 Å². The van der Waals surface area contributed by atoms with Crippen molar-refractivity contribution in [3.8, 4) is 17.2 Å². The molecule has 4 rings (SSSR count). The number of pyridine rings is 1. The van der Waals surface area contributed by atoms with Gasteiger partial charge in [0.05, 0.1) is 19.4 Å². The van der Waals surface area contributed by atoms with Gasteiger partial charge in [0.15, 0.2) is 0 Å². The molecular formula is C24H26N2O3. The Morgan fingerprint density at radius 1 is 1.10 bits per heavy atom. The summed E-state index contributed by atoms with van der Waals surface area (Å²) in [4.78, 5) is 4.32. The number of benzene rings is 2. The normalized spacial score (nSPS) is 15.3. The number of ether oxygens (including phenoxy) is 3. The average Bonchev–Trinajstić information content (AvgIpc) is 2.79. The molecule has 29 heavy (non-hydrogen) atoms. The summed E-state index contributed by atoms with van der Waals surface area (Å²) in [7, 11) is 1.68. The van der Waals surface area contributed by atoms with Crippen molar-refractivity contribution >= 4 is 0 Å². The first-order valence-electron chi connectivity index (χ1n) is 9.95. The van der Waals surface area contributed by atoms with Crippen molar-refractivity contribution in [3.63, 3.8) is 0 Å². The molecule has 1 N–H and O–H groups in total. The van der Waals surface area contributed by atoms with Crippen LogP contribution in [-0.4, -0.2) is 25.2 Å². The summed E-state index contributed by atoms with van der Waals surface area (Å²) >= 11 is 0. The number of rotatable bonds is 8. The van der Waals surface area contributed by atoms with Crippen molar-refractivity contribution in [2.45, 2.75) is 25.5 Å². The second kappa shape index (κ2) is 9.43. The predicted molar refractivity (Wildman–Crippen MR) is 113 cm³/mol. The van der Waals surface area contributed by atoms with Crippen molar-refractivity contribution < 1.29 is 14.2 Å². The molecule has 2 aromatic carbocycles. The van der Waals surface area contributed by atoms with Gasteiger partial charge in [0.1, 0.15) is 23.9 Å².